The van der Waals surface area contributed by atoms with Crippen molar-refractivity contribution in [3.8, 4) is 0 Å². The van der Waals surface area contributed by atoms with Crippen molar-refractivity contribution in [2.45, 2.75) is 128 Å². The van der Waals surface area contributed by atoms with Crippen molar-refractivity contribution >= 4 is 13.8 Å². The fourth-order valence-electron chi connectivity index (χ4n) is 4.30. The van der Waals surface area contributed by atoms with Gasteiger partial charge in [0.05, 0.1) is 41.0 Å². The van der Waals surface area contributed by atoms with E-state index in [1.54, 1.807) is 0 Å². The zero-order valence-electron chi connectivity index (χ0n) is 25.7. The molecule has 0 aromatic heterocycles. The number of likely N-dealkylation sites (N-methyl/N-ethyl adjacent to an activating group) is 1. The summed E-state index contributed by atoms with van der Waals surface area (Å²) in [5.41, 5.74) is 0. The molecule has 39 heavy (non-hydrogen) atoms. The van der Waals surface area contributed by atoms with E-state index in [9.17, 15) is 19.4 Å². The van der Waals surface area contributed by atoms with Crippen LogP contribution in [-0.2, 0) is 27.9 Å². The van der Waals surface area contributed by atoms with Gasteiger partial charge in [-0.1, -0.05) is 96.8 Å². The minimum atomic E-state index is -4.57. The molecular weight excluding hydrogens is 521 g/mol. The van der Waals surface area contributed by atoms with Crippen molar-refractivity contribution < 1.29 is 42.4 Å². The number of rotatable bonds is 28. The first kappa shape index (κ1) is 38.5. The summed E-state index contributed by atoms with van der Waals surface area (Å²) in [6.07, 6.45) is 16.6. The summed E-state index contributed by atoms with van der Waals surface area (Å²) in [4.78, 5) is 23.9. The monoisotopic (exact) mass is 581 g/mol. The van der Waals surface area contributed by atoms with E-state index < -0.39 is 20.0 Å². The van der Waals surface area contributed by atoms with Crippen molar-refractivity contribution in [2.24, 2.45) is 0 Å². The smallest absolute Gasteiger partial charge is 0.305 e. The van der Waals surface area contributed by atoms with Crippen LogP contribution >= 0.6 is 7.82 Å². The van der Waals surface area contributed by atoms with Gasteiger partial charge in [-0.3, -0.25) is 9.36 Å². The van der Waals surface area contributed by atoms with E-state index in [4.69, 9.17) is 13.8 Å². The largest absolute Gasteiger partial charge is 0.756 e. The van der Waals surface area contributed by atoms with Crippen LogP contribution in [0.1, 0.15) is 116 Å². The Balaban J connectivity index is 4.47. The van der Waals surface area contributed by atoms with E-state index in [2.05, 4.69) is 11.7 Å². The van der Waals surface area contributed by atoms with Crippen LogP contribution in [0, 0.1) is 0 Å². The number of ether oxygens (including phenoxy) is 2. The lowest BCUT2D eigenvalue weighted by Gasteiger charge is -2.33. The number of phosphoric acid groups is 1. The highest BCUT2D eigenvalue weighted by atomic mass is 31.2. The van der Waals surface area contributed by atoms with Crippen molar-refractivity contribution in [1.82, 2.24) is 0 Å². The van der Waals surface area contributed by atoms with Crippen LogP contribution in [0.5, 0.6) is 0 Å². The van der Waals surface area contributed by atoms with Gasteiger partial charge in [-0.2, -0.15) is 0 Å². The minimum Gasteiger partial charge on any atom is -0.756 e. The number of unbranched alkanes of at least 4 members (excludes halogenated alkanes) is 13. The number of carbonyl (C=O) groups excluding carboxylic acids is 1. The van der Waals surface area contributed by atoms with E-state index >= 15 is 0 Å². The van der Waals surface area contributed by atoms with Crippen molar-refractivity contribution in [2.75, 3.05) is 54.6 Å². The number of carbonyl (C=O) groups is 1. The van der Waals surface area contributed by atoms with E-state index in [0.29, 0.717) is 23.9 Å². The number of esters is 1. The van der Waals surface area contributed by atoms with Crippen LogP contribution in [0.25, 0.3) is 0 Å². The normalized spacial score (nSPS) is 15.2. The van der Waals surface area contributed by atoms with Gasteiger partial charge in [-0.15, -0.1) is 0 Å². The molecule has 234 valence electrons. The topological polar surface area (TPSA) is 114 Å². The van der Waals surface area contributed by atoms with E-state index in [1.807, 2.05) is 21.1 Å². The SMILES string of the molecule is CCCCCCCCCCCCCCCC[C@@H](OP(=O)([O-])OCC[N+](C)(C)C)[C@H](CO)OCCCC(=O)OC. The molecule has 0 saturated carbocycles. The van der Waals surface area contributed by atoms with Gasteiger partial charge in [-0.25, -0.2) is 0 Å². The summed E-state index contributed by atoms with van der Waals surface area (Å²) < 4.78 is 33.9. The molecule has 0 rings (SSSR count). The van der Waals surface area contributed by atoms with Gasteiger partial charge in [-0.05, 0) is 12.8 Å². The molecule has 0 aromatic carbocycles. The number of hydrogen-bond donors (Lipinski definition) is 1. The highest BCUT2D eigenvalue weighted by Gasteiger charge is 2.27. The molecule has 3 atom stereocenters. The van der Waals surface area contributed by atoms with Crippen LogP contribution in [0.4, 0.5) is 0 Å². The molecule has 10 heteroatoms. The standard InChI is InChI=1S/C29H60NO8P/c1-6-7-8-9-10-11-12-13-14-15-16-17-18-19-21-27(28(26-31)36-24-20-22-29(32)35-5)38-39(33,34)37-25-23-30(2,3)4/h27-28,31H,6-26H2,1-5H3/t27-,28+/m1/s1. The third-order valence-electron chi connectivity index (χ3n) is 6.80. The van der Waals surface area contributed by atoms with Gasteiger partial charge >= 0.3 is 5.97 Å². The molecule has 1 unspecified atom stereocenters. The summed E-state index contributed by atoms with van der Waals surface area (Å²) in [7, 11) is 2.59. The molecule has 0 aliphatic rings. The molecular formula is C29H60NO8P. The highest BCUT2D eigenvalue weighted by molar-refractivity contribution is 7.45. The number of phosphoric ester groups is 1. The lowest BCUT2D eigenvalue weighted by Crippen LogP contribution is -2.38. The predicted octanol–water partition coefficient (Wildman–Crippen LogP) is 5.76. The maximum atomic E-state index is 12.5. The number of nitrogens with zero attached hydrogens (tertiary/aromatic N) is 1. The predicted molar refractivity (Wildman–Crippen MR) is 154 cm³/mol. The quantitative estimate of drug-likeness (QED) is 0.0537. The Kier molecular flexibility index (Phi) is 23.8. The van der Waals surface area contributed by atoms with Gasteiger partial charge in [0, 0.05) is 13.0 Å². The maximum absolute atomic E-state index is 12.5. The molecule has 0 aliphatic carbocycles. The Morgan fingerprint density at radius 2 is 1.33 bits per heavy atom. The van der Waals surface area contributed by atoms with Gasteiger partial charge in [0.1, 0.15) is 19.3 Å². The zero-order valence-corrected chi connectivity index (χ0v) is 26.6. The Morgan fingerprint density at radius 3 is 1.79 bits per heavy atom. The second kappa shape index (κ2) is 24.1. The summed E-state index contributed by atoms with van der Waals surface area (Å²) in [5, 5.41) is 9.91. The Morgan fingerprint density at radius 1 is 0.821 bits per heavy atom. The Labute approximate surface area is 239 Å². The van der Waals surface area contributed by atoms with Crippen LogP contribution in [0.3, 0.4) is 0 Å². The second-order valence-corrected chi connectivity index (χ2v) is 13.0. The number of aliphatic hydroxyl groups is 1. The Bertz CT molecular complexity index is 629. The van der Waals surface area contributed by atoms with Gasteiger partial charge < -0.3 is 33.0 Å². The zero-order chi connectivity index (χ0) is 29.4. The maximum Gasteiger partial charge on any atom is 0.305 e. The minimum absolute atomic E-state index is 0.0135. The molecule has 0 amide bonds. The van der Waals surface area contributed by atoms with E-state index in [-0.39, 0.29) is 32.2 Å². The number of hydrogen-bond acceptors (Lipinski definition) is 8. The first-order valence-electron chi connectivity index (χ1n) is 15.3. The van der Waals surface area contributed by atoms with Gasteiger partial charge in [0.2, 0.25) is 0 Å². The van der Waals surface area contributed by atoms with Gasteiger partial charge in [0.25, 0.3) is 7.82 Å². The fraction of sp³-hybridized carbons (Fsp3) is 0.966. The summed E-state index contributed by atoms with van der Waals surface area (Å²) in [6.45, 7) is 2.57. The third kappa shape index (κ3) is 24.9. The first-order chi connectivity index (χ1) is 18.5. The molecule has 0 aliphatic heterocycles. The van der Waals surface area contributed by atoms with Crippen molar-refractivity contribution in [3.05, 3.63) is 0 Å². The molecule has 0 heterocycles. The van der Waals surface area contributed by atoms with E-state index in [0.717, 1.165) is 19.3 Å². The fourth-order valence-corrected chi connectivity index (χ4v) is 5.24. The summed E-state index contributed by atoms with van der Waals surface area (Å²) >= 11 is 0. The number of quaternary nitrogens is 1. The molecule has 9 nitrogen and oxygen atoms in total. The lowest BCUT2D eigenvalue weighted by atomic mass is 10.0. The molecule has 0 radical (unpaired) electrons. The first-order valence-corrected chi connectivity index (χ1v) is 16.7. The van der Waals surface area contributed by atoms with Crippen molar-refractivity contribution in [1.29, 1.82) is 0 Å². The average Bonchev–Trinajstić information content (AvgIpc) is 2.87. The molecule has 1 N–H and O–H groups in total. The van der Waals surface area contributed by atoms with Crippen LogP contribution in [0.15, 0.2) is 0 Å². The summed E-state index contributed by atoms with van der Waals surface area (Å²) in [5.74, 6) is -0.343. The third-order valence-corrected chi connectivity index (χ3v) is 7.83. The molecule has 0 spiro atoms. The van der Waals surface area contributed by atoms with Gasteiger partial charge in [0.15, 0.2) is 0 Å². The average molecular weight is 582 g/mol. The Hall–Kier alpha value is -0.540. The lowest BCUT2D eigenvalue weighted by molar-refractivity contribution is -0.870. The molecule has 0 aromatic rings. The van der Waals surface area contributed by atoms with Crippen molar-refractivity contribution in [3.63, 3.8) is 0 Å². The second-order valence-electron chi connectivity index (χ2n) is 11.6. The van der Waals surface area contributed by atoms with Crippen LogP contribution < -0.4 is 4.89 Å². The number of methoxy groups -OCH3 is 1. The number of aliphatic hydroxyl groups excluding tert-OH is 1. The summed E-state index contributed by atoms with van der Waals surface area (Å²) in [6, 6.07) is 0. The molecule has 0 saturated heterocycles. The van der Waals surface area contributed by atoms with E-state index in [1.165, 1.54) is 77.7 Å². The molecule has 0 fully saturated rings. The van der Waals surface area contributed by atoms with Crippen LogP contribution in [0.2, 0.25) is 0 Å². The van der Waals surface area contributed by atoms with Crippen LogP contribution in [-0.4, -0.2) is 82.4 Å². The molecule has 0 bridgehead atoms. The highest BCUT2D eigenvalue weighted by Crippen LogP contribution is 2.41.